The van der Waals surface area contributed by atoms with E-state index in [9.17, 15) is 9.90 Å². The molecule has 0 spiro atoms. The van der Waals surface area contributed by atoms with E-state index in [1.54, 1.807) is 4.90 Å². The van der Waals surface area contributed by atoms with Gasteiger partial charge < -0.3 is 10.0 Å². The topological polar surface area (TPSA) is 40.5 Å². The molecule has 4 heteroatoms. The predicted octanol–water partition coefficient (Wildman–Crippen LogP) is 0.845. The molecule has 0 aromatic heterocycles. The van der Waals surface area contributed by atoms with Gasteiger partial charge in [0.2, 0.25) is 5.91 Å². The van der Waals surface area contributed by atoms with Crippen molar-refractivity contribution < 1.29 is 9.90 Å². The molecule has 0 unspecified atom stereocenters. The highest BCUT2D eigenvalue weighted by molar-refractivity contribution is 6.18. The fraction of sp³-hybridized carbons (Fsp3) is 0.889. The molecule has 1 rings (SSSR count). The van der Waals surface area contributed by atoms with E-state index < -0.39 is 0 Å². The standard InChI is InChI=1S/C9H16ClNO2/c1-7-6-11(5-3-8(7)12)9(13)2-4-10/h7-8,12H,2-6H2,1H3/t7-,8+/m1/s1. The molecular formula is C9H16ClNO2. The zero-order valence-electron chi connectivity index (χ0n) is 7.87. The van der Waals surface area contributed by atoms with Gasteiger partial charge in [0.1, 0.15) is 0 Å². The summed E-state index contributed by atoms with van der Waals surface area (Å²) in [5.41, 5.74) is 0. The van der Waals surface area contributed by atoms with Crippen LogP contribution in [0.15, 0.2) is 0 Å². The number of piperidine rings is 1. The maximum atomic E-state index is 11.4. The largest absolute Gasteiger partial charge is 0.393 e. The summed E-state index contributed by atoms with van der Waals surface area (Å²) in [5.74, 6) is 0.675. The summed E-state index contributed by atoms with van der Waals surface area (Å²) in [4.78, 5) is 13.2. The summed E-state index contributed by atoms with van der Waals surface area (Å²) in [6, 6.07) is 0. The van der Waals surface area contributed by atoms with Crippen LogP contribution in [0.5, 0.6) is 0 Å². The molecule has 0 bridgehead atoms. The fourth-order valence-electron chi connectivity index (χ4n) is 1.60. The first-order chi connectivity index (χ1) is 6.15. The molecular weight excluding hydrogens is 190 g/mol. The van der Waals surface area contributed by atoms with E-state index in [0.717, 1.165) is 0 Å². The summed E-state index contributed by atoms with van der Waals surface area (Å²) in [6.07, 6.45) is 0.847. The Balaban J connectivity index is 2.40. The Bertz CT molecular complexity index is 186. The van der Waals surface area contributed by atoms with Crippen molar-refractivity contribution >= 4 is 17.5 Å². The van der Waals surface area contributed by atoms with Crippen molar-refractivity contribution in [2.45, 2.75) is 25.9 Å². The minimum Gasteiger partial charge on any atom is -0.393 e. The first kappa shape index (κ1) is 10.8. The highest BCUT2D eigenvalue weighted by Gasteiger charge is 2.26. The SMILES string of the molecule is C[C@@H]1CN(C(=O)CCCl)CC[C@@H]1O. The van der Waals surface area contributed by atoms with Crippen LogP contribution in [0, 0.1) is 5.92 Å². The van der Waals surface area contributed by atoms with E-state index in [0.29, 0.717) is 31.8 Å². The van der Waals surface area contributed by atoms with E-state index in [-0.39, 0.29) is 17.9 Å². The normalized spacial score (nSPS) is 29.0. The highest BCUT2D eigenvalue weighted by atomic mass is 35.5. The number of alkyl halides is 1. The number of carbonyl (C=O) groups excluding carboxylic acids is 1. The van der Waals surface area contributed by atoms with E-state index in [2.05, 4.69) is 0 Å². The molecule has 1 aliphatic rings. The monoisotopic (exact) mass is 205 g/mol. The average molecular weight is 206 g/mol. The second-order valence-corrected chi connectivity index (χ2v) is 3.99. The maximum absolute atomic E-state index is 11.4. The lowest BCUT2D eigenvalue weighted by Gasteiger charge is -2.34. The number of aliphatic hydroxyl groups excluding tert-OH is 1. The first-order valence-electron chi connectivity index (χ1n) is 4.67. The van der Waals surface area contributed by atoms with Crippen LogP contribution in [-0.2, 0) is 4.79 Å². The third-order valence-electron chi connectivity index (χ3n) is 2.52. The molecule has 1 heterocycles. The lowest BCUT2D eigenvalue weighted by atomic mass is 9.96. The van der Waals surface area contributed by atoms with Gasteiger partial charge in [-0.05, 0) is 12.3 Å². The maximum Gasteiger partial charge on any atom is 0.223 e. The van der Waals surface area contributed by atoms with Gasteiger partial charge >= 0.3 is 0 Å². The fourth-order valence-corrected chi connectivity index (χ4v) is 1.76. The average Bonchev–Trinajstić information content (AvgIpc) is 2.10. The summed E-state index contributed by atoms with van der Waals surface area (Å²) in [5, 5.41) is 9.44. The minimum absolute atomic E-state index is 0.105. The number of hydrogen-bond donors (Lipinski definition) is 1. The molecule has 0 aromatic rings. The quantitative estimate of drug-likeness (QED) is 0.679. The van der Waals surface area contributed by atoms with Gasteiger partial charge in [0, 0.05) is 25.4 Å². The molecule has 0 aromatic carbocycles. The summed E-state index contributed by atoms with van der Waals surface area (Å²) in [6.45, 7) is 3.29. The molecule has 0 saturated carbocycles. The number of likely N-dealkylation sites (tertiary alicyclic amines) is 1. The molecule has 1 N–H and O–H groups in total. The Morgan fingerprint density at radius 1 is 1.69 bits per heavy atom. The van der Waals surface area contributed by atoms with Crippen molar-refractivity contribution in [3.8, 4) is 0 Å². The van der Waals surface area contributed by atoms with Crippen molar-refractivity contribution in [3.63, 3.8) is 0 Å². The van der Waals surface area contributed by atoms with Gasteiger partial charge in [-0.1, -0.05) is 6.92 Å². The molecule has 3 nitrogen and oxygen atoms in total. The van der Waals surface area contributed by atoms with Crippen molar-refractivity contribution in [3.05, 3.63) is 0 Å². The second kappa shape index (κ2) is 4.82. The Morgan fingerprint density at radius 3 is 2.92 bits per heavy atom. The van der Waals surface area contributed by atoms with Crippen molar-refractivity contribution in [1.29, 1.82) is 0 Å². The van der Waals surface area contributed by atoms with Crippen LogP contribution < -0.4 is 0 Å². The third-order valence-corrected chi connectivity index (χ3v) is 2.71. The predicted molar refractivity (Wildman–Crippen MR) is 51.7 cm³/mol. The van der Waals surface area contributed by atoms with Crippen LogP contribution in [0.2, 0.25) is 0 Å². The molecule has 0 aliphatic carbocycles. The van der Waals surface area contributed by atoms with Crippen molar-refractivity contribution in [2.75, 3.05) is 19.0 Å². The summed E-state index contributed by atoms with van der Waals surface area (Å²) < 4.78 is 0. The highest BCUT2D eigenvalue weighted by Crippen LogP contribution is 2.17. The van der Waals surface area contributed by atoms with Gasteiger partial charge in [-0.3, -0.25) is 4.79 Å². The van der Waals surface area contributed by atoms with E-state index in [1.807, 2.05) is 6.92 Å². The molecule has 1 saturated heterocycles. The van der Waals surface area contributed by atoms with E-state index in [1.165, 1.54) is 0 Å². The molecule has 1 amide bonds. The van der Waals surface area contributed by atoms with E-state index >= 15 is 0 Å². The smallest absolute Gasteiger partial charge is 0.223 e. The van der Waals surface area contributed by atoms with Crippen molar-refractivity contribution in [1.82, 2.24) is 4.90 Å². The number of hydrogen-bond acceptors (Lipinski definition) is 2. The lowest BCUT2D eigenvalue weighted by molar-refractivity contribution is -0.134. The number of amides is 1. The van der Waals surface area contributed by atoms with Gasteiger partial charge in [0.05, 0.1) is 6.10 Å². The number of aliphatic hydroxyl groups is 1. The number of rotatable bonds is 2. The van der Waals surface area contributed by atoms with E-state index in [4.69, 9.17) is 11.6 Å². The van der Waals surface area contributed by atoms with Gasteiger partial charge in [-0.2, -0.15) is 0 Å². The van der Waals surface area contributed by atoms with Crippen LogP contribution in [0.1, 0.15) is 19.8 Å². The van der Waals surface area contributed by atoms with Crippen LogP contribution in [-0.4, -0.2) is 41.0 Å². The zero-order chi connectivity index (χ0) is 9.84. The first-order valence-corrected chi connectivity index (χ1v) is 5.20. The number of carbonyl (C=O) groups is 1. The van der Waals surface area contributed by atoms with Crippen LogP contribution in [0.3, 0.4) is 0 Å². The molecule has 76 valence electrons. The Kier molecular flexibility index (Phi) is 4.00. The van der Waals surface area contributed by atoms with Gasteiger partial charge in [-0.25, -0.2) is 0 Å². The molecule has 1 aliphatic heterocycles. The van der Waals surface area contributed by atoms with Crippen LogP contribution in [0.4, 0.5) is 0 Å². The zero-order valence-corrected chi connectivity index (χ0v) is 8.63. The molecule has 1 fully saturated rings. The Labute approximate surface area is 83.7 Å². The molecule has 2 atom stereocenters. The van der Waals surface area contributed by atoms with Crippen LogP contribution >= 0.6 is 11.6 Å². The van der Waals surface area contributed by atoms with Crippen molar-refractivity contribution in [2.24, 2.45) is 5.92 Å². The Morgan fingerprint density at radius 2 is 2.38 bits per heavy atom. The lowest BCUT2D eigenvalue weighted by Crippen LogP contribution is -2.45. The van der Waals surface area contributed by atoms with Gasteiger partial charge in [0.15, 0.2) is 0 Å². The third kappa shape index (κ3) is 2.85. The van der Waals surface area contributed by atoms with Gasteiger partial charge in [-0.15, -0.1) is 11.6 Å². The summed E-state index contributed by atoms with van der Waals surface area (Å²) in [7, 11) is 0. The van der Waals surface area contributed by atoms with Gasteiger partial charge in [0.25, 0.3) is 0 Å². The minimum atomic E-state index is -0.250. The molecule has 0 radical (unpaired) electrons. The summed E-state index contributed by atoms with van der Waals surface area (Å²) >= 11 is 5.48. The van der Waals surface area contributed by atoms with Crippen LogP contribution in [0.25, 0.3) is 0 Å². The second-order valence-electron chi connectivity index (χ2n) is 3.61. The molecule has 13 heavy (non-hydrogen) atoms. The number of halogens is 1. The Hall–Kier alpha value is -0.280. The number of nitrogens with zero attached hydrogens (tertiary/aromatic N) is 1.